The standard InChI is InChI=1S/C10H4BrClN2/c11-8-1-2-9-6(4-8)3-7(5-13)10(12)14-9/h1-4H. The van der Waals surface area contributed by atoms with Gasteiger partial charge in [-0.1, -0.05) is 27.5 Å². The Balaban J connectivity index is 2.82. The normalized spacial score (nSPS) is 10.1. The molecule has 1 heterocycles. The van der Waals surface area contributed by atoms with Crippen molar-refractivity contribution in [3.63, 3.8) is 0 Å². The van der Waals surface area contributed by atoms with Gasteiger partial charge in [0, 0.05) is 9.86 Å². The second-order valence-electron chi connectivity index (χ2n) is 2.78. The van der Waals surface area contributed by atoms with Crippen LogP contribution in [0.2, 0.25) is 5.15 Å². The molecule has 1 aromatic carbocycles. The zero-order chi connectivity index (χ0) is 10.1. The highest BCUT2D eigenvalue weighted by molar-refractivity contribution is 9.10. The van der Waals surface area contributed by atoms with E-state index in [1.54, 1.807) is 6.07 Å². The summed E-state index contributed by atoms with van der Waals surface area (Å²) in [5, 5.41) is 9.92. The van der Waals surface area contributed by atoms with Crippen molar-refractivity contribution >= 4 is 38.4 Å². The molecule has 0 spiro atoms. The van der Waals surface area contributed by atoms with Gasteiger partial charge < -0.3 is 0 Å². The molecule has 0 fully saturated rings. The zero-order valence-electron chi connectivity index (χ0n) is 6.96. The number of benzene rings is 1. The number of halogens is 2. The number of rotatable bonds is 0. The SMILES string of the molecule is N#Cc1cc2cc(Br)ccc2nc1Cl. The predicted octanol–water partition coefficient (Wildman–Crippen LogP) is 3.52. The zero-order valence-corrected chi connectivity index (χ0v) is 9.30. The molecule has 0 atom stereocenters. The second-order valence-corrected chi connectivity index (χ2v) is 4.05. The van der Waals surface area contributed by atoms with E-state index in [0.29, 0.717) is 5.56 Å². The lowest BCUT2D eigenvalue weighted by Gasteiger charge is -2.00. The molecule has 0 amide bonds. The summed E-state index contributed by atoms with van der Waals surface area (Å²) in [6, 6.07) is 9.37. The smallest absolute Gasteiger partial charge is 0.147 e. The van der Waals surface area contributed by atoms with E-state index < -0.39 is 0 Å². The van der Waals surface area contributed by atoms with Gasteiger partial charge in [0.15, 0.2) is 0 Å². The van der Waals surface area contributed by atoms with Gasteiger partial charge in [-0.3, -0.25) is 0 Å². The third-order valence-electron chi connectivity index (χ3n) is 1.85. The molecule has 0 bridgehead atoms. The quantitative estimate of drug-likeness (QED) is 0.685. The van der Waals surface area contributed by atoms with E-state index in [9.17, 15) is 0 Å². The fourth-order valence-corrected chi connectivity index (χ4v) is 1.77. The number of nitrogens with zero attached hydrogens (tertiary/aromatic N) is 2. The van der Waals surface area contributed by atoms with Gasteiger partial charge in [0.05, 0.1) is 11.1 Å². The Morgan fingerprint density at radius 1 is 1.36 bits per heavy atom. The average Bonchev–Trinajstić information content (AvgIpc) is 2.17. The van der Waals surface area contributed by atoms with Crippen LogP contribution in [0.1, 0.15) is 5.56 Å². The Hall–Kier alpha value is -1.11. The number of fused-ring (bicyclic) bond motifs is 1. The van der Waals surface area contributed by atoms with Gasteiger partial charge in [-0.15, -0.1) is 0 Å². The van der Waals surface area contributed by atoms with E-state index in [4.69, 9.17) is 16.9 Å². The molecular formula is C10H4BrClN2. The van der Waals surface area contributed by atoms with Crippen molar-refractivity contribution in [3.05, 3.63) is 39.5 Å². The third kappa shape index (κ3) is 1.59. The average molecular weight is 268 g/mol. The maximum absolute atomic E-state index is 8.76. The van der Waals surface area contributed by atoms with Crippen LogP contribution in [0.15, 0.2) is 28.7 Å². The number of aromatic nitrogens is 1. The fraction of sp³-hybridized carbons (Fsp3) is 0. The van der Waals surface area contributed by atoms with Gasteiger partial charge in [-0.05, 0) is 24.3 Å². The molecule has 0 unspecified atom stereocenters. The summed E-state index contributed by atoms with van der Waals surface area (Å²) in [6.07, 6.45) is 0. The number of hydrogen-bond acceptors (Lipinski definition) is 2. The topological polar surface area (TPSA) is 36.7 Å². The molecule has 14 heavy (non-hydrogen) atoms. The molecule has 4 heteroatoms. The first kappa shape index (κ1) is 9.45. The van der Waals surface area contributed by atoms with Crippen LogP contribution in [0.4, 0.5) is 0 Å². The van der Waals surface area contributed by atoms with Crippen LogP contribution in [0, 0.1) is 11.3 Å². The molecule has 0 saturated carbocycles. The van der Waals surface area contributed by atoms with E-state index in [1.165, 1.54) is 0 Å². The summed E-state index contributed by atoms with van der Waals surface area (Å²) >= 11 is 9.15. The largest absolute Gasteiger partial charge is 0.235 e. The molecule has 2 aromatic rings. The van der Waals surface area contributed by atoms with Crippen LogP contribution >= 0.6 is 27.5 Å². The van der Waals surface area contributed by atoms with Gasteiger partial charge in [-0.25, -0.2) is 4.98 Å². The molecular weight excluding hydrogens is 263 g/mol. The van der Waals surface area contributed by atoms with Crippen molar-refractivity contribution in [2.24, 2.45) is 0 Å². The number of nitriles is 1. The van der Waals surface area contributed by atoms with Crippen molar-refractivity contribution in [2.75, 3.05) is 0 Å². The second kappa shape index (κ2) is 3.56. The van der Waals surface area contributed by atoms with Gasteiger partial charge in [0.25, 0.3) is 0 Å². The minimum atomic E-state index is 0.252. The molecule has 0 radical (unpaired) electrons. The first-order chi connectivity index (χ1) is 6.70. The first-order valence-electron chi connectivity index (χ1n) is 3.86. The van der Waals surface area contributed by atoms with E-state index >= 15 is 0 Å². The van der Waals surface area contributed by atoms with E-state index in [2.05, 4.69) is 20.9 Å². The van der Waals surface area contributed by atoms with Crippen LogP contribution in [0.5, 0.6) is 0 Å². The highest BCUT2D eigenvalue weighted by Gasteiger charge is 2.03. The van der Waals surface area contributed by atoms with Gasteiger partial charge in [0.2, 0.25) is 0 Å². The number of pyridine rings is 1. The highest BCUT2D eigenvalue weighted by Crippen LogP contribution is 2.22. The van der Waals surface area contributed by atoms with Gasteiger partial charge in [-0.2, -0.15) is 5.26 Å². The van der Waals surface area contributed by atoms with Crippen LogP contribution in [0.3, 0.4) is 0 Å². The molecule has 0 aliphatic heterocycles. The lowest BCUT2D eigenvalue weighted by Crippen LogP contribution is -1.85. The summed E-state index contributed by atoms with van der Waals surface area (Å²) < 4.78 is 0.956. The predicted molar refractivity (Wildman–Crippen MR) is 59.2 cm³/mol. The molecule has 0 N–H and O–H groups in total. The van der Waals surface area contributed by atoms with E-state index in [0.717, 1.165) is 15.4 Å². The highest BCUT2D eigenvalue weighted by atomic mass is 79.9. The van der Waals surface area contributed by atoms with Crippen LogP contribution in [-0.2, 0) is 0 Å². The van der Waals surface area contributed by atoms with Crippen LogP contribution in [-0.4, -0.2) is 4.98 Å². The van der Waals surface area contributed by atoms with Crippen molar-refractivity contribution in [3.8, 4) is 6.07 Å². The van der Waals surface area contributed by atoms with Crippen molar-refractivity contribution < 1.29 is 0 Å². The molecule has 0 saturated heterocycles. The molecule has 68 valence electrons. The minimum absolute atomic E-state index is 0.252. The molecule has 2 nitrogen and oxygen atoms in total. The van der Waals surface area contributed by atoms with Crippen molar-refractivity contribution in [1.29, 1.82) is 5.26 Å². The summed E-state index contributed by atoms with van der Waals surface area (Å²) in [6.45, 7) is 0. The maximum atomic E-state index is 8.76. The Bertz CT molecular complexity index is 546. The van der Waals surface area contributed by atoms with Gasteiger partial charge in [0.1, 0.15) is 11.2 Å². The Morgan fingerprint density at radius 3 is 2.86 bits per heavy atom. The fourth-order valence-electron chi connectivity index (χ4n) is 1.20. The van der Waals surface area contributed by atoms with Gasteiger partial charge >= 0.3 is 0 Å². The third-order valence-corrected chi connectivity index (χ3v) is 2.63. The molecule has 1 aromatic heterocycles. The van der Waals surface area contributed by atoms with Crippen molar-refractivity contribution in [1.82, 2.24) is 4.98 Å². The number of hydrogen-bond donors (Lipinski definition) is 0. The van der Waals surface area contributed by atoms with E-state index in [-0.39, 0.29) is 5.15 Å². The molecule has 0 aliphatic rings. The summed E-state index contributed by atoms with van der Waals surface area (Å²) in [7, 11) is 0. The lowest BCUT2D eigenvalue weighted by molar-refractivity contribution is 1.37. The Kier molecular flexibility index (Phi) is 2.40. The summed E-state index contributed by atoms with van der Waals surface area (Å²) in [5.41, 5.74) is 1.19. The monoisotopic (exact) mass is 266 g/mol. The maximum Gasteiger partial charge on any atom is 0.147 e. The summed E-state index contributed by atoms with van der Waals surface area (Å²) in [5.74, 6) is 0. The Morgan fingerprint density at radius 2 is 2.14 bits per heavy atom. The lowest BCUT2D eigenvalue weighted by atomic mass is 10.2. The van der Waals surface area contributed by atoms with Crippen LogP contribution in [0.25, 0.3) is 10.9 Å². The van der Waals surface area contributed by atoms with Crippen LogP contribution < -0.4 is 0 Å². The first-order valence-corrected chi connectivity index (χ1v) is 5.04. The minimum Gasteiger partial charge on any atom is -0.235 e. The molecule has 2 rings (SSSR count). The Labute approximate surface area is 94.3 Å². The summed E-state index contributed by atoms with van der Waals surface area (Å²) in [4.78, 5) is 4.11. The van der Waals surface area contributed by atoms with E-state index in [1.807, 2.05) is 24.3 Å². The molecule has 0 aliphatic carbocycles. The van der Waals surface area contributed by atoms with Crippen molar-refractivity contribution in [2.45, 2.75) is 0 Å².